The predicted octanol–water partition coefficient (Wildman–Crippen LogP) is 3.27. The second kappa shape index (κ2) is 7.61. The lowest BCUT2D eigenvalue weighted by Gasteiger charge is -2.31. The highest BCUT2D eigenvalue weighted by atomic mass is 19.1. The number of nitrogens with one attached hydrogen (secondary N) is 1. The minimum atomic E-state index is -0.172. The van der Waals surface area contributed by atoms with Crippen LogP contribution in [0.5, 0.6) is 0 Å². The molecular formula is C16H26FNO. The molecular weight excluding hydrogens is 241 g/mol. The van der Waals surface area contributed by atoms with Crippen LogP contribution < -0.4 is 5.32 Å². The third kappa shape index (κ3) is 6.17. The Morgan fingerprint density at radius 1 is 1.21 bits per heavy atom. The molecule has 1 aromatic rings. The molecule has 1 rings (SSSR count). The minimum Gasteiger partial charge on any atom is -0.383 e. The fourth-order valence-electron chi connectivity index (χ4n) is 2.04. The molecule has 19 heavy (non-hydrogen) atoms. The largest absolute Gasteiger partial charge is 0.383 e. The SMILES string of the molecule is COCCNCC(Cc1ccc(F)cc1)C(C)(C)C. The van der Waals surface area contributed by atoms with Crippen molar-refractivity contribution < 1.29 is 9.13 Å². The number of hydrogen-bond donors (Lipinski definition) is 1. The quantitative estimate of drug-likeness (QED) is 0.766. The van der Waals surface area contributed by atoms with Crippen molar-refractivity contribution >= 4 is 0 Å². The van der Waals surface area contributed by atoms with Gasteiger partial charge in [-0.15, -0.1) is 0 Å². The molecule has 3 heteroatoms. The van der Waals surface area contributed by atoms with Crippen LogP contribution in [0.15, 0.2) is 24.3 Å². The Morgan fingerprint density at radius 3 is 2.37 bits per heavy atom. The summed E-state index contributed by atoms with van der Waals surface area (Å²) in [4.78, 5) is 0. The number of hydrogen-bond acceptors (Lipinski definition) is 2. The highest BCUT2D eigenvalue weighted by Gasteiger charge is 2.24. The van der Waals surface area contributed by atoms with Gasteiger partial charge in [-0.1, -0.05) is 32.9 Å². The van der Waals surface area contributed by atoms with E-state index in [2.05, 4.69) is 26.1 Å². The third-order valence-corrected chi connectivity index (χ3v) is 3.49. The van der Waals surface area contributed by atoms with E-state index in [9.17, 15) is 4.39 Å². The van der Waals surface area contributed by atoms with E-state index in [0.717, 1.165) is 26.1 Å². The molecule has 0 saturated carbocycles. The highest BCUT2D eigenvalue weighted by Crippen LogP contribution is 2.28. The first-order valence-electron chi connectivity index (χ1n) is 6.87. The Bertz CT molecular complexity index is 356. The lowest BCUT2D eigenvalue weighted by Crippen LogP contribution is -2.34. The number of halogens is 1. The van der Waals surface area contributed by atoms with Gasteiger partial charge in [-0.05, 0) is 42.0 Å². The molecule has 0 aliphatic rings. The molecule has 0 bridgehead atoms. The summed E-state index contributed by atoms with van der Waals surface area (Å²) in [6, 6.07) is 6.83. The zero-order chi connectivity index (χ0) is 14.3. The molecule has 0 fully saturated rings. The maximum Gasteiger partial charge on any atom is 0.123 e. The van der Waals surface area contributed by atoms with Gasteiger partial charge < -0.3 is 10.1 Å². The van der Waals surface area contributed by atoms with Crippen LogP contribution in [0, 0.1) is 17.2 Å². The number of methoxy groups -OCH3 is 1. The van der Waals surface area contributed by atoms with Crippen LogP contribution in [-0.4, -0.2) is 26.8 Å². The number of rotatable bonds is 7. The van der Waals surface area contributed by atoms with Gasteiger partial charge in [0.2, 0.25) is 0 Å². The van der Waals surface area contributed by atoms with Crippen LogP contribution in [0.1, 0.15) is 26.3 Å². The zero-order valence-electron chi connectivity index (χ0n) is 12.5. The van der Waals surface area contributed by atoms with Crippen molar-refractivity contribution in [1.82, 2.24) is 5.32 Å². The van der Waals surface area contributed by atoms with E-state index in [1.54, 1.807) is 7.11 Å². The van der Waals surface area contributed by atoms with E-state index in [4.69, 9.17) is 4.74 Å². The summed E-state index contributed by atoms with van der Waals surface area (Å²) >= 11 is 0. The van der Waals surface area contributed by atoms with Crippen molar-refractivity contribution in [2.24, 2.45) is 11.3 Å². The van der Waals surface area contributed by atoms with Crippen LogP contribution in [0.3, 0.4) is 0 Å². The lowest BCUT2D eigenvalue weighted by atomic mass is 9.77. The van der Waals surface area contributed by atoms with E-state index in [0.29, 0.717) is 5.92 Å². The maximum absolute atomic E-state index is 12.9. The Morgan fingerprint density at radius 2 is 1.84 bits per heavy atom. The molecule has 108 valence electrons. The molecule has 0 heterocycles. The molecule has 0 amide bonds. The normalized spacial score (nSPS) is 13.5. The fraction of sp³-hybridized carbons (Fsp3) is 0.625. The van der Waals surface area contributed by atoms with Crippen LogP contribution >= 0.6 is 0 Å². The molecule has 0 aromatic heterocycles. The molecule has 0 aliphatic heterocycles. The molecule has 0 radical (unpaired) electrons. The summed E-state index contributed by atoms with van der Waals surface area (Å²) < 4.78 is 18.0. The monoisotopic (exact) mass is 267 g/mol. The Balaban J connectivity index is 2.57. The van der Waals surface area contributed by atoms with E-state index in [1.165, 1.54) is 17.7 Å². The summed E-state index contributed by atoms with van der Waals surface area (Å²) in [5, 5.41) is 3.43. The fourth-order valence-corrected chi connectivity index (χ4v) is 2.04. The third-order valence-electron chi connectivity index (χ3n) is 3.49. The molecule has 1 aromatic carbocycles. The van der Waals surface area contributed by atoms with E-state index in [1.807, 2.05) is 12.1 Å². The topological polar surface area (TPSA) is 21.3 Å². The summed E-state index contributed by atoms with van der Waals surface area (Å²) in [5.41, 5.74) is 1.41. The molecule has 1 N–H and O–H groups in total. The first-order valence-corrected chi connectivity index (χ1v) is 6.87. The molecule has 0 spiro atoms. The Kier molecular flexibility index (Phi) is 6.46. The van der Waals surface area contributed by atoms with Crippen molar-refractivity contribution in [2.75, 3.05) is 26.8 Å². The second-order valence-corrected chi connectivity index (χ2v) is 6.09. The van der Waals surface area contributed by atoms with Crippen LogP contribution in [0.4, 0.5) is 4.39 Å². The number of ether oxygens (including phenoxy) is 1. The first kappa shape index (κ1) is 16.1. The van der Waals surface area contributed by atoms with Gasteiger partial charge >= 0.3 is 0 Å². The van der Waals surface area contributed by atoms with Crippen molar-refractivity contribution in [3.05, 3.63) is 35.6 Å². The summed E-state index contributed by atoms with van der Waals surface area (Å²) in [7, 11) is 1.71. The predicted molar refractivity (Wildman–Crippen MR) is 77.8 cm³/mol. The number of benzene rings is 1. The van der Waals surface area contributed by atoms with Crippen molar-refractivity contribution in [1.29, 1.82) is 0 Å². The van der Waals surface area contributed by atoms with Gasteiger partial charge in [-0.25, -0.2) is 4.39 Å². The Labute approximate surface area is 116 Å². The van der Waals surface area contributed by atoms with Gasteiger partial charge in [-0.3, -0.25) is 0 Å². The van der Waals surface area contributed by atoms with Crippen LogP contribution in [0.25, 0.3) is 0 Å². The van der Waals surface area contributed by atoms with Gasteiger partial charge in [0, 0.05) is 13.7 Å². The summed E-state index contributed by atoms with van der Waals surface area (Å²) in [5.74, 6) is 0.337. The van der Waals surface area contributed by atoms with Crippen molar-refractivity contribution in [3.63, 3.8) is 0 Å². The maximum atomic E-state index is 12.9. The average molecular weight is 267 g/mol. The van der Waals surface area contributed by atoms with Gasteiger partial charge in [0.05, 0.1) is 6.61 Å². The van der Waals surface area contributed by atoms with Crippen molar-refractivity contribution in [2.45, 2.75) is 27.2 Å². The Hall–Kier alpha value is -0.930. The van der Waals surface area contributed by atoms with E-state index in [-0.39, 0.29) is 11.2 Å². The zero-order valence-corrected chi connectivity index (χ0v) is 12.5. The second-order valence-electron chi connectivity index (χ2n) is 6.09. The van der Waals surface area contributed by atoms with Crippen LogP contribution in [0.2, 0.25) is 0 Å². The van der Waals surface area contributed by atoms with E-state index >= 15 is 0 Å². The molecule has 0 saturated heterocycles. The standard InChI is InChI=1S/C16H26FNO/c1-16(2,3)14(12-18-9-10-19-4)11-13-5-7-15(17)8-6-13/h5-8,14,18H,9-12H2,1-4H3. The average Bonchev–Trinajstić information content (AvgIpc) is 2.34. The van der Waals surface area contributed by atoms with Crippen LogP contribution in [-0.2, 0) is 11.2 Å². The molecule has 0 aliphatic carbocycles. The first-order chi connectivity index (χ1) is 8.93. The summed E-state index contributed by atoms with van der Waals surface area (Å²) in [6.45, 7) is 9.29. The van der Waals surface area contributed by atoms with Gasteiger partial charge in [0.15, 0.2) is 0 Å². The smallest absolute Gasteiger partial charge is 0.123 e. The molecule has 1 unspecified atom stereocenters. The molecule has 1 atom stereocenters. The van der Waals surface area contributed by atoms with E-state index < -0.39 is 0 Å². The van der Waals surface area contributed by atoms with Gasteiger partial charge in [0.25, 0.3) is 0 Å². The lowest BCUT2D eigenvalue weighted by molar-refractivity contribution is 0.186. The minimum absolute atomic E-state index is 0.172. The highest BCUT2D eigenvalue weighted by molar-refractivity contribution is 5.17. The van der Waals surface area contributed by atoms with Crippen molar-refractivity contribution in [3.8, 4) is 0 Å². The van der Waals surface area contributed by atoms with Gasteiger partial charge in [0.1, 0.15) is 5.82 Å². The molecule has 2 nitrogen and oxygen atoms in total. The summed E-state index contributed by atoms with van der Waals surface area (Å²) in [6.07, 6.45) is 0.962. The van der Waals surface area contributed by atoms with Gasteiger partial charge in [-0.2, -0.15) is 0 Å².